The summed E-state index contributed by atoms with van der Waals surface area (Å²) in [6.07, 6.45) is 6.84. The van der Waals surface area contributed by atoms with Gasteiger partial charge in [-0.25, -0.2) is 9.97 Å². The van der Waals surface area contributed by atoms with Crippen molar-refractivity contribution in [2.75, 3.05) is 31.0 Å². The van der Waals surface area contributed by atoms with Gasteiger partial charge in [0.15, 0.2) is 22.9 Å². The third kappa shape index (κ3) is 4.67. The van der Waals surface area contributed by atoms with E-state index in [1.165, 1.54) is 10.7 Å². The summed E-state index contributed by atoms with van der Waals surface area (Å²) in [5, 5.41) is 8.06. The first-order valence-electron chi connectivity index (χ1n) is 10.5. The minimum atomic E-state index is 0.519. The second-order valence-corrected chi connectivity index (χ2v) is 9.77. The third-order valence-corrected chi connectivity index (χ3v) is 7.58. The van der Waals surface area contributed by atoms with E-state index in [1.807, 2.05) is 60.1 Å². The van der Waals surface area contributed by atoms with Gasteiger partial charge >= 0.3 is 0 Å². The van der Waals surface area contributed by atoms with E-state index < -0.39 is 0 Å². The van der Waals surface area contributed by atoms with Crippen LogP contribution in [0.25, 0.3) is 23.3 Å². The highest BCUT2D eigenvalue weighted by Crippen LogP contribution is 2.36. The Morgan fingerprint density at radius 2 is 2.00 bits per heavy atom. The lowest BCUT2D eigenvalue weighted by molar-refractivity contribution is 0.354. The average molecular weight is 482 g/mol. The molecular weight excluding hydrogens is 458 g/mol. The van der Waals surface area contributed by atoms with Crippen LogP contribution in [0, 0.1) is 0 Å². The fourth-order valence-corrected chi connectivity index (χ4v) is 5.87. The van der Waals surface area contributed by atoms with E-state index in [0.717, 1.165) is 28.3 Å². The van der Waals surface area contributed by atoms with Gasteiger partial charge in [0.05, 0.1) is 20.5 Å². The third-order valence-electron chi connectivity index (χ3n) is 5.08. The summed E-state index contributed by atoms with van der Waals surface area (Å²) in [6.45, 7) is 0.532. The molecule has 0 aliphatic carbocycles. The highest BCUT2D eigenvalue weighted by Gasteiger charge is 2.16. The molecule has 0 saturated carbocycles. The van der Waals surface area contributed by atoms with Gasteiger partial charge < -0.3 is 19.2 Å². The number of benzene rings is 1. The highest BCUT2D eigenvalue weighted by atomic mass is 32.2. The van der Waals surface area contributed by atoms with Crippen LogP contribution >= 0.6 is 23.5 Å². The fraction of sp³-hybridized carbons (Fsp3) is 0.261. The minimum absolute atomic E-state index is 0.519. The zero-order chi connectivity index (χ0) is 22.6. The largest absolute Gasteiger partial charge is 0.493 e. The summed E-state index contributed by atoms with van der Waals surface area (Å²) in [4.78, 5) is 9.42. The second kappa shape index (κ2) is 9.80. The molecule has 1 fully saturated rings. The molecule has 0 bridgehead atoms. The van der Waals surface area contributed by atoms with E-state index >= 15 is 0 Å². The topological polar surface area (TPSA) is 86.7 Å². The second-order valence-electron chi connectivity index (χ2n) is 7.24. The van der Waals surface area contributed by atoms with Gasteiger partial charge in [0, 0.05) is 22.5 Å². The molecule has 5 rings (SSSR count). The molecule has 0 spiro atoms. The van der Waals surface area contributed by atoms with Crippen molar-refractivity contribution in [2.45, 2.75) is 13.0 Å². The van der Waals surface area contributed by atoms with Gasteiger partial charge in [-0.2, -0.15) is 4.52 Å². The quantitative estimate of drug-likeness (QED) is 0.383. The number of thioether (sulfide) groups is 2. The molecule has 170 valence electrons. The standard InChI is InChI=1S/C23H23N5O3S2/c1-29-17-7-6-15(11-19(17)30-2)13-24-23-25-14-16(12-20-32-9-4-10-33-20)22-26-21(27-28(22)23)18-5-3-8-31-18/h3,5-8,11-12,14H,4,9-10,13H2,1-2H3,(H,24,25). The van der Waals surface area contributed by atoms with Crippen molar-refractivity contribution in [1.82, 2.24) is 19.6 Å². The lowest BCUT2D eigenvalue weighted by atomic mass is 10.2. The molecule has 0 atom stereocenters. The van der Waals surface area contributed by atoms with Crippen molar-refractivity contribution >= 4 is 41.2 Å². The lowest BCUT2D eigenvalue weighted by Gasteiger charge is -2.13. The van der Waals surface area contributed by atoms with Crippen LogP contribution in [0.5, 0.6) is 11.5 Å². The number of nitrogens with zero attached hydrogens (tertiary/aromatic N) is 4. The van der Waals surface area contributed by atoms with Gasteiger partial charge in [-0.15, -0.1) is 28.6 Å². The molecule has 1 N–H and O–H groups in total. The number of nitrogens with one attached hydrogen (secondary N) is 1. The van der Waals surface area contributed by atoms with Crippen LogP contribution in [-0.4, -0.2) is 45.3 Å². The van der Waals surface area contributed by atoms with Gasteiger partial charge in [-0.3, -0.25) is 0 Å². The van der Waals surface area contributed by atoms with E-state index in [1.54, 1.807) is 25.0 Å². The van der Waals surface area contributed by atoms with Crippen LogP contribution in [0.3, 0.4) is 0 Å². The zero-order valence-corrected chi connectivity index (χ0v) is 19.9. The Hall–Kier alpha value is -3.11. The molecule has 4 heterocycles. The molecule has 0 unspecified atom stereocenters. The molecule has 1 aliphatic rings. The normalized spacial score (nSPS) is 13.8. The van der Waals surface area contributed by atoms with Gasteiger partial charge in [-0.05, 0) is 53.8 Å². The van der Waals surface area contributed by atoms with Crippen LogP contribution in [0.2, 0.25) is 0 Å². The summed E-state index contributed by atoms with van der Waals surface area (Å²) in [5.41, 5.74) is 2.68. The van der Waals surface area contributed by atoms with Crippen molar-refractivity contribution in [3.05, 3.63) is 58.2 Å². The molecule has 8 nitrogen and oxygen atoms in total. The van der Waals surface area contributed by atoms with Crippen molar-refractivity contribution < 1.29 is 13.9 Å². The van der Waals surface area contributed by atoms with Crippen LogP contribution < -0.4 is 14.8 Å². The Labute approximate surface area is 199 Å². The predicted molar refractivity (Wildman–Crippen MR) is 133 cm³/mol. The summed E-state index contributed by atoms with van der Waals surface area (Å²) >= 11 is 3.74. The van der Waals surface area contributed by atoms with Crippen LogP contribution in [0.4, 0.5) is 5.95 Å². The maximum Gasteiger partial charge on any atom is 0.226 e. The van der Waals surface area contributed by atoms with Gasteiger partial charge in [0.1, 0.15) is 0 Å². The Kier molecular flexibility index (Phi) is 6.45. The van der Waals surface area contributed by atoms with Crippen LogP contribution in [-0.2, 0) is 6.54 Å². The van der Waals surface area contributed by atoms with Crippen LogP contribution in [0.15, 0.2) is 51.4 Å². The number of anilines is 1. The van der Waals surface area contributed by atoms with Crippen LogP contribution in [0.1, 0.15) is 17.5 Å². The summed E-state index contributed by atoms with van der Waals surface area (Å²) in [7, 11) is 3.25. The lowest BCUT2D eigenvalue weighted by Crippen LogP contribution is -2.08. The number of ether oxygens (including phenoxy) is 2. The number of furan rings is 1. The average Bonchev–Trinajstić information content (AvgIpc) is 3.54. The Morgan fingerprint density at radius 3 is 2.76 bits per heavy atom. The first-order valence-corrected chi connectivity index (χ1v) is 12.4. The summed E-state index contributed by atoms with van der Waals surface area (Å²) in [6, 6.07) is 9.49. The first kappa shape index (κ1) is 21.7. The molecule has 33 heavy (non-hydrogen) atoms. The monoisotopic (exact) mass is 481 g/mol. The molecule has 3 aromatic heterocycles. The number of rotatable bonds is 7. The van der Waals surface area contributed by atoms with Crippen molar-refractivity contribution in [2.24, 2.45) is 0 Å². The molecule has 4 aromatic rings. The molecule has 1 aliphatic heterocycles. The van der Waals surface area contributed by atoms with Gasteiger partial charge in [0.2, 0.25) is 11.8 Å². The maximum absolute atomic E-state index is 5.53. The zero-order valence-electron chi connectivity index (χ0n) is 18.3. The molecule has 0 amide bonds. The van der Waals surface area contributed by atoms with E-state index in [9.17, 15) is 0 Å². The van der Waals surface area contributed by atoms with Gasteiger partial charge in [-0.1, -0.05) is 6.07 Å². The highest BCUT2D eigenvalue weighted by molar-refractivity contribution is 8.23. The number of fused-ring (bicyclic) bond motifs is 1. The summed E-state index contributed by atoms with van der Waals surface area (Å²) in [5.74, 6) is 5.37. The fourth-order valence-electron chi connectivity index (χ4n) is 3.45. The van der Waals surface area contributed by atoms with E-state index in [4.69, 9.17) is 18.9 Å². The number of methoxy groups -OCH3 is 2. The number of aromatic nitrogens is 4. The molecule has 1 saturated heterocycles. The number of hydrogen-bond acceptors (Lipinski definition) is 9. The van der Waals surface area contributed by atoms with Crippen molar-refractivity contribution in [1.29, 1.82) is 0 Å². The van der Waals surface area contributed by atoms with E-state index in [2.05, 4.69) is 21.5 Å². The van der Waals surface area contributed by atoms with Crippen molar-refractivity contribution in [3.63, 3.8) is 0 Å². The Balaban J connectivity index is 1.49. The van der Waals surface area contributed by atoms with Crippen molar-refractivity contribution in [3.8, 4) is 23.1 Å². The first-order chi connectivity index (χ1) is 16.2. The predicted octanol–water partition coefficient (Wildman–Crippen LogP) is 5.18. The van der Waals surface area contributed by atoms with E-state index in [0.29, 0.717) is 35.6 Å². The smallest absolute Gasteiger partial charge is 0.226 e. The number of hydrogen-bond donors (Lipinski definition) is 1. The minimum Gasteiger partial charge on any atom is -0.493 e. The SMILES string of the molecule is COc1ccc(CNc2ncc(C=C3SCCCS3)c3nc(-c4ccco4)nn23)cc1OC. The summed E-state index contributed by atoms with van der Waals surface area (Å²) < 4.78 is 19.3. The molecule has 1 aromatic carbocycles. The van der Waals surface area contributed by atoms with Gasteiger partial charge in [0.25, 0.3) is 0 Å². The molecular formula is C23H23N5O3S2. The molecule has 10 heteroatoms. The Bertz CT molecular complexity index is 1280. The van der Waals surface area contributed by atoms with E-state index in [-0.39, 0.29) is 0 Å². The molecule has 0 radical (unpaired) electrons. The Morgan fingerprint density at radius 1 is 1.15 bits per heavy atom. The maximum atomic E-state index is 5.53.